The number of para-hydroxylation sites is 2. The average molecular weight is 394 g/mol. The van der Waals surface area contributed by atoms with E-state index in [1.807, 2.05) is 37.3 Å². The summed E-state index contributed by atoms with van der Waals surface area (Å²) in [5.74, 6) is 2.91. The van der Waals surface area contributed by atoms with Crippen molar-refractivity contribution in [2.75, 3.05) is 11.9 Å². The minimum Gasteiger partial charge on any atom is -0.492 e. The van der Waals surface area contributed by atoms with E-state index in [2.05, 4.69) is 17.6 Å². The number of nitriles is 1. The first kappa shape index (κ1) is 19.8. The van der Waals surface area contributed by atoms with Gasteiger partial charge in [-0.05, 0) is 87.7 Å². The van der Waals surface area contributed by atoms with Gasteiger partial charge in [0.25, 0.3) is 5.91 Å². The normalized spacial score (nSPS) is 31.1. The Hall–Kier alpha value is -2.48. The lowest BCUT2D eigenvalue weighted by Crippen LogP contribution is -2.56. The van der Waals surface area contributed by atoms with Crippen LogP contribution in [0.15, 0.2) is 36.0 Å². The zero-order valence-electron chi connectivity index (χ0n) is 17.4. The van der Waals surface area contributed by atoms with Crippen LogP contribution in [0.1, 0.15) is 52.4 Å². The SMILES string of the molecule is CCOc1ccccc1N/C=C(/C#N)C(=O)NC(C)C12CC3CC(CC(C3)C1)C2. The smallest absolute Gasteiger partial charge is 0.263 e. The van der Waals surface area contributed by atoms with Crippen molar-refractivity contribution in [3.05, 3.63) is 36.0 Å². The van der Waals surface area contributed by atoms with Gasteiger partial charge >= 0.3 is 0 Å². The number of carbonyl (C=O) groups excluding carboxylic acids is 1. The summed E-state index contributed by atoms with van der Waals surface area (Å²) in [5.41, 5.74) is 1.05. The van der Waals surface area contributed by atoms with Crippen LogP contribution < -0.4 is 15.4 Å². The topological polar surface area (TPSA) is 74.1 Å². The van der Waals surface area contributed by atoms with Gasteiger partial charge in [-0.3, -0.25) is 4.79 Å². The Morgan fingerprint density at radius 3 is 2.45 bits per heavy atom. The number of amides is 1. The minimum atomic E-state index is -0.294. The number of rotatable bonds is 7. The first-order valence-corrected chi connectivity index (χ1v) is 10.9. The fourth-order valence-electron chi connectivity index (χ4n) is 6.30. The van der Waals surface area contributed by atoms with Crippen LogP contribution in [0.5, 0.6) is 5.75 Å². The predicted octanol–water partition coefficient (Wildman–Crippen LogP) is 4.63. The number of ether oxygens (including phenoxy) is 1. The Bertz CT molecular complexity index is 803. The number of anilines is 1. The van der Waals surface area contributed by atoms with Crippen LogP contribution in [-0.2, 0) is 4.79 Å². The molecule has 5 rings (SSSR count). The molecule has 4 bridgehead atoms. The summed E-state index contributed by atoms with van der Waals surface area (Å²) in [4.78, 5) is 12.8. The highest BCUT2D eigenvalue weighted by atomic mass is 16.5. The fourth-order valence-corrected chi connectivity index (χ4v) is 6.30. The van der Waals surface area contributed by atoms with Crippen LogP contribution in [0.25, 0.3) is 0 Å². The maximum absolute atomic E-state index is 12.8. The van der Waals surface area contributed by atoms with Crippen molar-refractivity contribution in [1.82, 2.24) is 5.32 Å². The quantitative estimate of drug-likeness (QED) is 0.523. The van der Waals surface area contributed by atoms with Crippen LogP contribution >= 0.6 is 0 Å². The Morgan fingerprint density at radius 1 is 1.24 bits per heavy atom. The number of benzene rings is 1. The van der Waals surface area contributed by atoms with Crippen molar-refractivity contribution < 1.29 is 9.53 Å². The molecule has 2 N–H and O–H groups in total. The molecule has 0 aliphatic heterocycles. The molecule has 4 saturated carbocycles. The molecule has 1 unspecified atom stereocenters. The van der Waals surface area contributed by atoms with Gasteiger partial charge in [-0.15, -0.1) is 0 Å². The van der Waals surface area contributed by atoms with E-state index in [1.54, 1.807) is 0 Å². The lowest BCUT2D eigenvalue weighted by Gasteiger charge is -2.59. The van der Waals surface area contributed by atoms with E-state index in [-0.39, 0.29) is 22.9 Å². The summed E-state index contributed by atoms with van der Waals surface area (Å²) in [5, 5.41) is 15.8. The zero-order chi connectivity index (χ0) is 20.4. The molecular formula is C24H31N3O2. The van der Waals surface area contributed by atoms with Gasteiger partial charge in [-0.25, -0.2) is 0 Å². The van der Waals surface area contributed by atoms with Crippen molar-refractivity contribution in [3.63, 3.8) is 0 Å². The molecule has 0 aromatic heterocycles. The Balaban J connectivity index is 1.43. The summed E-state index contributed by atoms with van der Waals surface area (Å²) in [7, 11) is 0. The van der Waals surface area contributed by atoms with Crippen LogP contribution in [0.4, 0.5) is 5.69 Å². The van der Waals surface area contributed by atoms with Crippen molar-refractivity contribution in [1.29, 1.82) is 5.26 Å². The molecule has 5 nitrogen and oxygen atoms in total. The molecule has 1 aromatic carbocycles. The van der Waals surface area contributed by atoms with Crippen LogP contribution in [0, 0.1) is 34.5 Å². The average Bonchev–Trinajstić information content (AvgIpc) is 2.69. The van der Waals surface area contributed by atoms with Gasteiger partial charge in [0, 0.05) is 12.2 Å². The van der Waals surface area contributed by atoms with E-state index in [9.17, 15) is 10.1 Å². The van der Waals surface area contributed by atoms with Gasteiger partial charge in [-0.2, -0.15) is 5.26 Å². The Kier molecular flexibility index (Phi) is 5.54. The van der Waals surface area contributed by atoms with Gasteiger partial charge in [0.1, 0.15) is 17.4 Å². The molecule has 4 fully saturated rings. The van der Waals surface area contributed by atoms with Crippen molar-refractivity contribution in [3.8, 4) is 11.8 Å². The van der Waals surface area contributed by atoms with E-state index in [1.165, 1.54) is 44.7 Å². The molecule has 4 aliphatic rings. The molecule has 5 heteroatoms. The third kappa shape index (κ3) is 3.99. The van der Waals surface area contributed by atoms with Crippen molar-refractivity contribution in [2.24, 2.45) is 23.2 Å². The second-order valence-electron chi connectivity index (χ2n) is 9.22. The van der Waals surface area contributed by atoms with Crippen LogP contribution in [-0.4, -0.2) is 18.6 Å². The summed E-state index contributed by atoms with van der Waals surface area (Å²) < 4.78 is 5.59. The first-order chi connectivity index (χ1) is 14.0. The first-order valence-electron chi connectivity index (χ1n) is 10.9. The fraction of sp³-hybridized carbons (Fsp3) is 0.583. The maximum atomic E-state index is 12.8. The predicted molar refractivity (Wildman–Crippen MR) is 113 cm³/mol. The lowest BCUT2D eigenvalue weighted by atomic mass is 9.48. The van der Waals surface area contributed by atoms with Gasteiger partial charge in [0.05, 0.1) is 12.3 Å². The van der Waals surface area contributed by atoms with Gasteiger partial charge in [0.2, 0.25) is 0 Å². The molecule has 1 aromatic rings. The molecule has 0 spiro atoms. The highest BCUT2D eigenvalue weighted by Crippen LogP contribution is 2.61. The summed E-state index contributed by atoms with van der Waals surface area (Å²) in [6.45, 7) is 4.61. The second kappa shape index (κ2) is 8.10. The van der Waals surface area contributed by atoms with E-state index in [0.717, 1.165) is 23.4 Å². The standard InChI is InChI=1S/C24H31N3O2/c1-3-29-22-7-5-4-6-21(22)26-15-20(14-25)23(28)27-16(2)24-11-17-8-18(12-24)10-19(9-17)13-24/h4-7,15-19,26H,3,8-13H2,1-2H3,(H,27,28)/b20-15-. The monoisotopic (exact) mass is 393 g/mol. The second-order valence-corrected chi connectivity index (χ2v) is 9.22. The molecular weight excluding hydrogens is 362 g/mol. The van der Waals surface area contributed by atoms with Crippen LogP contribution in [0.3, 0.4) is 0 Å². The van der Waals surface area contributed by atoms with E-state index >= 15 is 0 Å². The largest absolute Gasteiger partial charge is 0.492 e. The number of nitrogens with zero attached hydrogens (tertiary/aromatic N) is 1. The highest BCUT2D eigenvalue weighted by Gasteiger charge is 2.53. The Labute approximate surface area is 173 Å². The highest BCUT2D eigenvalue weighted by molar-refractivity contribution is 5.97. The van der Waals surface area contributed by atoms with E-state index in [0.29, 0.717) is 12.4 Å². The number of hydrogen-bond acceptors (Lipinski definition) is 4. The zero-order valence-corrected chi connectivity index (χ0v) is 17.4. The molecule has 29 heavy (non-hydrogen) atoms. The molecule has 1 atom stereocenters. The van der Waals surface area contributed by atoms with E-state index < -0.39 is 0 Å². The molecule has 0 saturated heterocycles. The Morgan fingerprint density at radius 2 is 1.86 bits per heavy atom. The van der Waals surface area contributed by atoms with Crippen molar-refractivity contribution in [2.45, 2.75) is 58.4 Å². The third-order valence-corrected chi connectivity index (χ3v) is 7.28. The molecule has 4 aliphatic carbocycles. The molecule has 0 heterocycles. The summed E-state index contributed by atoms with van der Waals surface area (Å²) >= 11 is 0. The molecule has 1 amide bonds. The van der Waals surface area contributed by atoms with Gasteiger partial charge in [-0.1, -0.05) is 12.1 Å². The van der Waals surface area contributed by atoms with Gasteiger partial charge in [0.15, 0.2) is 0 Å². The molecule has 0 radical (unpaired) electrons. The van der Waals surface area contributed by atoms with E-state index in [4.69, 9.17) is 4.74 Å². The summed E-state index contributed by atoms with van der Waals surface area (Å²) in [6.07, 6.45) is 9.31. The number of carbonyl (C=O) groups is 1. The van der Waals surface area contributed by atoms with Crippen LogP contribution in [0.2, 0.25) is 0 Å². The molecule has 154 valence electrons. The number of nitrogens with one attached hydrogen (secondary N) is 2. The van der Waals surface area contributed by atoms with Gasteiger partial charge < -0.3 is 15.4 Å². The summed E-state index contributed by atoms with van der Waals surface area (Å²) in [6, 6.07) is 9.65. The lowest BCUT2D eigenvalue weighted by molar-refractivity contribution is -0.122. The third-order valence-electron chi connectivity index (χ3n) is 7.28. The van der Waals surface area contributed by atoms with Crippen molar-refractivity contribution >= 4 is 11.6 Å². The minimum absolute atomic E-state index is 0.0906. The number of hydrogen-bond donors (Lipinski definition) is 2. The maximum Gasteiger partial charge on any atom is 0.263 e.